The summed E-state index contributed by atoms with van der Waals surface area (Å²) in [6.07, 6.45) is 4.30. The summed E-state index contributed by atoms with van der Waals surface area (Å²) in [5.41, 5.74) is 2.39. The van der Waals surface area contributed by atoms with E-state index in [-0.39, 0.29) is 0 Å². The molecule has 0 aromatic carbocycles. The van der Waals surface area contributed by atoms with Crippen molar-refractivity contribution >= 4 is 17.6 Å². The SMILES string of the molecule is Cc1ccnc(-n2cc(C=O)c(-c3ccc(C)s3)n2)c1. The molecule has 0 amide bonds. The zero-order valence-electron chi connectivity index (χ0n) is 11.2. The lowest BCUT2D eigenvalue weighted by atomic mass is 10.2. The molecule has 0 radical (unpaired) electrons. The molecule has 0 atom stereocenters. The number of hydrogen-bond acceptors (Lipinski definition) is 4. The number of rotatable bonds is 3. The molecule has 0 fully saturated rings. The van der Waals surface area contributed by atoms with Gasteiger partial charge in [0.2, 0.25) is 0 Å². The minimum Gasteiger partial charge on any atom is -0.298 e. The molecule has 0 aliphatic carbocycles. The lowest BCUT2D eigenvalue weighted by Gasteiger charge is -2.00. The molecule has 100 valence electrons. The van der Waals surface area contributed by atoms with E-state index in [2.05, 4.69) is 10.1 Å². The molecule has 0 unspecified atom stereocenters. The first-order valence-corrected chi connectivity index (χ1v) is 7.04. The molecule has 20 heavy (non-hydrogen) atoms. The van der Waals surface area contributed by atoms with Gasteiger partial charge < -0.3 is 0 Å². The number of aldehydes is 1. The van der Waals surface area contributed by atoms with Crippen LogP contribution in [0.15, 0.2) is 36.7 Å². The van der Waals surface area contributed by atoms with Crippen molar-refractivity contribution < 1.29 is 4.79 Å². The second-order valence-corrected chi connectivity index (χ2v) is 5.89. The van der Waals surface area contributed by atoms with Gasteiger partial charge in [-0.25, -0.2) is 9.67 Å². The molecule has 3 aromatic heterocycles. The third kappa shape index (κ3) is 2.28. The second kappa shape index (κ2) is 5.02. The van der Waals surface area contributed by atoms with Crippen LogP contribution < -0.4 is 0 Å². The molecule has 0 aliphatic rings. The van der Waals surface area contributed by atoms with Gasteiger partial charge in [0.1, 0.15) is 5.69 Å². The summed E-state index contributed by atoms with van der Waals surface area (Å²) >= 11 is 1.63. The van der Waals surface area contributed by atoms with Gasteiger partial charge in [-0.05, 0) is 43.7 Å². The summed E-state index contributed by atoms with van der Waals surface area (Å²) in [7, 11) is 0. The summed E-state index contributed by atoms with van der Waals surface area (Å²) in [5.74, 6) is 0.715. The Balaban J connectivity index is 2.11. The van der Waals surface area contributed by atoms with Crippen LogP contribution in [0.5, 0.6) is 0 Å². The largest absolute Gasteiger partial charge is 0.298 e. The smallest absolute Gasteiger partial charge is 0.153 e. The molecular formula is C15H13N3OS. The quantitative estimate of drug-likeness (QED) is 0.692. The molecule has 3 heterocycles. The average molecular weight is 283 g/mol. The third-order valence-electron chi connectivity index (χ3n) is 2.98. The number of carbonyl (C=O) groups excluding carboxylic acids is 1. The van der Waals surface area contributed by atoms with E-state index in [9.17, 15) is 4.79 Å². The summed E-state index contributed by atoms with van der Waals surface area (Å²) in [6, 6.07) is 7.88. The minimum absolute atomic E-state index is 0.579. The Bertz CT molecular complexity index is 773. The van der Waals surface area contributed by atoms with Crippen molar-refractivity contribution in [1.82, 2.24) is 14.8 Å². The maximum Gasteiger partial charge on any atom is 0.153 e. The first-order valence-electron chi connectivity index (χ1n) is 6.22. The lowest BCUT2D eigenvalue weighted by molar-refractivity contribution is 0.112. The maximum absolute atomic E-state index is 11.2. The van der Waals surface area contributed by atoms with Crippen LogP contribution in [0.2, 0.25) is 0 Å². The Morgan fingerprint density at radius 2 is 2.10 bits per heavy atom. The van der Waals surface area contributed by atoms with Crippen LogP contribution in [0.3, 0.4) is 0 Å². The highest BCUT2D eigenvalue weighted by atomic mass is 32.1. The lowest BCUT2D eigenvalue weighted by Crippen LogP contribution is -1.98. The Morgan fingerprint density at radius 3 is 2.75 bits per heavy atom. The van der Waals surface area contributed by atoms with Crippen molar-refractivity contribution in [3.63, 3.8) is 0 Å². The maximum atomic E-state index is 11.2. The molecule has 5 heteroatoms. The van der Waals surface area contributed by atoms with Crippen molar-refractivity contribution in [3.8, 4) is 16.4 Å². The van der Waals surface area contributed by atoms with Crippen molar-refractivity contribution in [2.45, 2.75) is 13.8 Å². The normalized spacial score (nSPS) is 10.7. The van der Waals surface area contributed by atoms with E-state index >= 15 is 0 Å². The fraction of sp³-hybridized carbons (Fsp3) is 0.133. The van der Waals surface area contributed by atoms with Gasteiger partial charge in [-0.1, -0.05) is 0 Å². The first kappa shape index (κ1) is 12.7. The van der Waals surface area contributed by atoms with E-state index in [1.807, 2.05) is 38.1 Å². The number of aryl methyl sites for hydroxylation is 2. The number of aromatic nitrogens is 3. The van der Waals surface area contributed by atoms with Crippen LogP contribution in [0.4, 0.5) is 0 Å². The molecule has 0 saturated heterocycles. The van der Waals surface area contributed by atoms with Crippen molar-refractivity contribution in [2.75, 3.05) is 0 Å². The van der Waals surface area contributed by atoms with Gasteiger partial charge in [0.25, 0.3) is 0 Å². The topological polar surface area (TPSA) is 47.8 Å². The predicted octanol–water partition coefficient (Wildman–Crippen LogP) is 3.43. The highest BCUT2D eigenvalue weighted by Gasteiger charge is 2.13. The van der Waals surface area contributed by atoms with Crippen LogP contribution in [-0.4, -0.2) is 21.1 Å². The van der Waals surface area contributed by atoms with E-state index in [4.69, 9.17) is 0 Å². The molecule has 0 N–H and O–H groups in total. The summed E-state index contributed by atoms with van der Waals surface area (Å²) in [4.78, 5) is 17.7. The minimum atomic E-state index is 0.579. The molecule has 0 aliphatic heterocycles. The van der Waals surface area contributed by atoms with Gasteiger partial charge >= 0.3 is 0 Å². The van der Waals surface area contributed by atoms with Crippen LogP contribution in [-0.2, 0) is 0 Å². The van der Waals surface area contributed by atoms with Crippen LogP contribution in [0.25, 0.3) is 16.4 Å². The Kier molecular flexibility index (Phi) is 3.20. The van der Waals surface area contributed by atoms with Crippen LogP contribution in [0.1, 0.15) is 20.8 Å². The van der Waals surface area contributed by atoms with Gasteiger partial charge in [0, 0.05) is 17.3 Å². The fourth-order valence-electron chi connectivity index (χ4n) is 1.99. The summed E-state index contributed by atoms with van der Waals surface area (Å²) in [6.45, 7) is 4.03. The standard InChI is InChI=1S/C15H13N3OS/c1-10-5-6-16-14(7-10)18-8-12(9-19)15(17-18)13-4-3-11(2)20-13/h3-9H,1-2H3. The van der Waals surface area contributed by atoms with E-state index in [0.717, 1.165) is 16.7 Å². The monoisotopic (exact) mass is 283 g/mol. The summed E-state index contributed by atoms with van der Waals surface area (Å²) in [5, 5.41) is 4.51. The van der Waals surface area contributed by atoms with E-state index in [1.165, 1.54) is 4.88 Å². The number of nitrogens with zero attached hydrogens (tertiary/aromatic N) is 3. The van der Waals surface area contributed by atoms with E-state index in [0.29, 0.717) is 17.1 Å². The van der Waals surface area contributed by atoms with E-state index in [1.54, 1.807) is 28.4 Å². The van der Waals surface area contributed by atoms with Gasteiger partial charge in [-0.15, -0.1) is 11.3 Å². The van der Waals surface area contributed by atoms with E-state index < -0.39 is 0 Å². The van der Waals surface area contributed by atoms with Gasteiger partial charge in [-0.2, -0.15) is 5.10 Å². The molecule has 3 aromatic rings. The number of pyridine rings is 1. The molecule has 0 bridgehead atoms. The third-order valence-corrected chi connectivity index (χ3v) is 3.99. The first-order chi connectivity index (χ1) is 9.67. The molecule has 3 rings (SSSR count). The molecular weight excluding hydrogens is 270 g/mol. The van der Waals surface area contributed by atoms with Gasteiger partial charge in [0.15, 0.2) is 12.1 Å². The van der Waals surface area contributed by atoms with Gasteiger partial charge in [0.05, 0.1) is 10.4 Å². The predicted molar refractivity (Wildman–Crippen MR) is 79.5 cm³/mol. The Labute approximate surface area is 120 Å². The molecule has 0 saturated carbocycles. The number of thiophene rings is 1. The van der Waals surface area contributed by atoms with Crippen molar-refractivity contribution in [2.24, 2.45) is 0 Å². The second-order valence-electron chi connectivity index (χ2n) is 4.60. The van der Waals surface area contributed by atoms with Crippen LogP contribution in [0, 0.1) is 13.8 Å². The highest BCUT2D eigenvalue weighted by molar-refractivity contribution is 7.15. The Morgan fingerprint density at radius 1 is 1.25 bits per heavy atom. The zero-order valence-corrected chi connectivity index (χ0v) is 12.0. The molecule has 4 nitrogen and oxygen atoms in total. The highest BCUT2D eigenvalue weighted by Crippen LogP contribution is 2.29. The molecule has 0 spiro atoms. The Hall–Kier alpha value is -2.27. The average Bonchev–Trinajstić information content (AvgIpc) is 3.04. The van der Waals surface area contributed by atoms with Gasteiger partial charge in [-0.3, -0.25) is 4.79 Å². The summed E-state index contributed by atoms with van der Waals surface area (Å²) < 4.78 is 1.65. The van der Waals surface area contributed by atoms with Crippen molar-refractivity contribution in [3.05, 3.63) is 52.7 Å². The number of hydrogen-bond donors (Lipinski definition) is 0. The fourth-order valence-corrected chi connectivity index (χ4v) is 2.86. The van der Waals surface area contributed by atoms with Crippen molar-refractivity contribution in [1.29, 1.82) is 0 Å². The van der Waals surface area contributed by atoms with Crippen LogP contribution >= 0.6 is 11.3 Å². The number of carbonyl (C=O) groups is 1. The zero-order chi connectivity index (χ0) is 14.1.